The van der Waals surface area contributed by atoms with Crippen LogP contribution in [0.3, 0.4) is 0 Å². The number of rotatable bonds is 9. The molecule has 1 saturated carbocycles. The number of likely N-dealkylation sites (tertiary alicyclic amines) is 1. The van der Waals surface area contributed by atoms with E-state index in [1.165, 1.54) is 63.4 Å². The Labute approximate surface area is 232 Å². The van der Waals surface area contributed by atoms with Gasteiger partial charge in [-0.2, -0.15) is 0 Å². The number of hydrogen-bond donors (Lipinski definition) is 1. The largest absolute Gasteiger partial charge is 0.481 e. The van der Waals surface area contributed by atoms with E-state index in [0.717, 1.165) is 46.7 Å². The van der Waals surface area contributed by atoms with Crippen molar-refractivity contribution < 1.29 is 14.7 Å². The van der Waals surface area contributed by atoms with Crippen molar-refractivity contribution in [3.8, 4) is 11.4 Å². The zero-order chi connectivity index (χ0) is 27.2. The maximum absolute atomic E-state index is 12.3. The standard InChI is InChI=1S/C33H43N3O3/c1-2-4-23-7-12-27(13-8-23)25-5-3-6-26(17-16-25)29-19-34-32(35-20-29)28-14-9-24(10-15-28)11-18-31(37)36-21-30(22-36)33(38)39/h9-10,14-15,17,19-20,23,25,27,30H,2-8,11-13,16,18,21-22H2,1H3,(H,38,39). The van der Waals surface area contributed by atoms with Gasteiger partial charge in [0.25, 0.3) is 0 Å². The quantitative estimate of drug-likeness (QED) is 0.386. The zero-order valence-electron chi connectivity index (χ0n) is 23.4. The maximum Gasteiger partial charge on any atom is 0.310 e. The van der Waals surface area contributed by atoms with Gasteiger partial charge < -0.3 is 10.0 Å². The molecule has 1 aromatic heterocycles. The number of allylic oxidation sites excluding steroid dienone is 2. The molecule has 1 N–H and O–H groups in total. The van der Waals surface area contributed by atoms with Gasteiger partial charge in [0, 0.05) is 43.0 Å². The number of carboxylic acid groups (broad SMARTS) is 1. The third kappa shape index (κ3) is 6.95. The molecule has 1 amide bonds. The third-order valence-corrected chi connectivity index (χ3v) is 9.39. The summed E-state index contributed by atoms with van der Waals surface area (Å²) in [5.41, 5.74) is 4.60. The van der Waals surface area contributed by atoms with Gasteiger partial charge in [0.15, 0.2) is 5.82 Å². The monoisotopic (exact) mass is 529 g/mol. The van der Waals surface area contributed by atoms with Gasteiger partial charge in [0.05, 0.1) is 5.92 Å². The van der Waals surface area contributed by atoms with Gasteiger partial charge in [0.2, 0.25) is 5.91 Å². The first-order valence-corrected chi connectivity index (χ1v) is 15.1. The molecule has 1 saturated heterocycles. The molecule has 0 bridgehead atoms. The van der Waals surface area contributed by atoms with Crippen molar-refractivity contribution in [2.24, 2.45) is 23.7 Å². The fourth-order valence-corrected chi connectivity index (χ4v) is 6.83. The van der Waals surface area contributed by atoms with Crippen LogP contribution in [-0.4, -0.2) is 44.9 Å². The number of nitrogens with zero attached hydrogens (tertiary/aromatic N) is 3. The minimum Gasteiger partial charge on any atom is -0.481 e. The minimum atomic E-state index is -0.820. The number of aliphatic carboxylic acids is 1. The summed E-state index contributed by atoms with van der Waals surface area (Å²) in [6.45, 7) is 2.98. The van der Waals surface area contributed by atoms with Crippen molar-refractivity contribution in [2.45, 2.75) is 84.0 Å². The van der Waals surface area contributed by atoms with Gasteiger partial charge in [-0.1, -0.05) is 62.9 Å². The average molecular weight is 530 g/mol. The van der Waals surface area contributed by atoms with Crippen LogP contribution in [0.2, 0.25) is 0 Å². The normalized spacial score (nSPS) is 24.0. The molecule has 0 radical (unpaired) electrons. The molecule has 6 heteroatoms. The number of hydrogen-bond acceptors (Lipinski definition) is 4. The molecular formula is C33H43N3O3. The van der Waals surface area contributed by atoms with E-state index in [2.05, 4.69) is 13.0 Å². The van der Waals surface area contributed by atoms with Crippen LogP contribution in [0.5, 0.6) is 0 Å². The molecule has 3 aliphatic rings. The first-order chi connectivity index (χ1) is 19.0. The summed E-state index contributed by atoms with van der Waals surface area (Å²) in [5, 5.41) is 8.98. The third-order valence-electron chi connectivity index (χ3n) is 9.39. The SMILES string of the molecule is CCCC1CCC(C2CC=C(c3cnc(-c4ccc(CCC(=O)N5CC(C(=O)O)C5)cc4)nc3)CCC2)CC1. The van der Waals surface area contributed by atoms with Gasteiger partial charge in [-0.3, -0.25) is 9.59 Å². The van der Waals surface area contributed by atoms with E-state index in [1.54, 1.807) is 4.90 Å². The molecule has 1 atom stereocenters. The lowest BCUT2D eigenvalue weighted by Crippen LogP contribution is -2.53. The van der Waals surface area contributed by atoms with Crippen molar-refractivity contribution in [2.75, 3.05) is 13.1 Å². The van der Waals surface area contributed by atoms with Crippen molar-refractivity contribution in [1.29, 1.82) is 0 Å². The van der Waals surface area contributed by atoms with Crippen LogP contribution in [0, 0.1) is 23.7 Å². The predicted octanol–water partition coefficient (Wildman–Crippen LogP) is 6.80. The Morgan fingerprint density at radius 1 is 0.949 bits per heavy atom. The van der Waals surface area contributed by atoms with Gasteiger partial charge in [-0.15, -0.1) is 0 Å². The maximum atomic E-state index is 12.3. The summed E-state index contributed by atoms with van der Waals surface area (Å²) in [7, 11) is 0. The lowest BCUT2D eigenvalue weighted by Gasteiger charge is -2.36. The molecule has 0 spiro atoms. The number of benzene rings is 1. The van der Waals surface area contributed by atoms with Crippen molar-refractivity contribution in [1.82, 2.24) is 14.9 Å². The van der Waals surface area contributed by atoms with Gasteiger partial charge >= 0.3 is 5.97 Å². The minimum absolute atomic E-state index is 0.0222. The molecule has 5 rings (SSSR count). The molecule has 1 unspecified atom stereocenters. The molecule has 39 heavy (non-hydrogen) atoms. The number of carbonyl (C=O) groups is 2. The second-order valence-corrected chi connectivity index (χ2v) is 12.0. The Bertz CT molecular complexity index is 1140. The van der Waals surface area contributed by atoms with Gasteiger partial charge in [0.1, 0.15) is 0 Å². The first kappa shape index (κ1) is 27.5. The van der Waals surface area contributed by atoms with Crippen LogP contribution in [0.15, 0.2) is 42.7 Å². The van der Waals surface area contributed by atoms with Gasteiger partial charge in [-0.05, 0) is 73.8 Å². The summed E-state index contributed by atoms with van der Waals surface area (Å²) >= 11 is 0. The molecule has 2 aliphatic carbocycles. The number of aromatic nitrogens is 2. The lowest BCUT2D eigenvalue weighted by atomic mass is 9.73. The Morgan fingerprint density at radius 2 is 1.67 bits per heavy atom. The van der Waals surface area contributed by atoms with E-state index >= 15 is 0 Å². The smallest absolute Gasteiger partial charge is 0.310 e. The second kappa shape index (κ2) is 12.9. The van der Waals surface area contributed by atoms with E-state index in [1.807, 2.05) is 36.7 Å². The van der Waals surface area contributed by atoms with E-state index in [0.29, 0.717) is 25.9 Å². The second-order valence-electron chi connectivity index (χ2n) is 12.0. The van der Waals surface area contributed by atoms with Crippen LogP contribution in [0.25, 0.3) is 17.0 Å². The van der Waals surface area contributed by atoms with E-state index in [9.17, 15) is 9.59 Å². The Balaban J connectivity index is 1.12. The molecule has 6 nitrogen and oxygen atoms in total. The highest BCUT2D eigenvalue weighted by atomic mass is 16.4. The van der Waals surface area contributed by atoms with Crippen molar-refractivity contribution in [3.05, 3.63) is 53.9 Å². The summed E-state index contributed by atoms with van der Waals surface area (Å²) in [6.07, 6.45) is 20.9. The average Bonchev–Trinajstić information content (AvgIpc) is 3.18. The lowest BCUT2D eigenvalue weighted by molar-refractivity contribution is -0.152. The molecule has 2 aromatic rings. The molecule has 208 valence electrons. The fraction of sp³-hybridized carbons (Fsp3) is 0.576. The van der Waals surface area contributed by atoms with E-state index < -0.39 is 11.9 Å². The van der Waals surface area contributed by atoms with Gasteiger partial charge in [-0.25, -0.2) is 9.97 Å². The number of carbonyl (C=O) groups excluding carboxylic acids is 1. The predicted molar refractivity (Wildman–Crippen MR) is 154 cm³/mol. The zero-order valence-corrected chi connectivity index (χ0v) is 23.4. The van der Waals surface area contributed by atoms with Crippen molar-refractivity contribution in [3.63, 3.8) is 0 Å². The van der Waals surface area contributed by atoms with Crippen LogP contribution >= 0.6 is 0 Å². The molecule has 1 aliphatic heterocycles. The molecular weight excluding hydrogens is 486 g/mol. The van der Waals surface area contributed by atoms with E-state index in [-0.39, 0.29) is 5.91 Å². The van der Waals surface area contributed by atoms with Crippen LogP contribution < -0.4 is 0 Å². The molecule has 1 aromatic carbocycles. The highest BCUT2D eigenvalue weighted by Gasteiger charge is 2.35. The number of amides is 1. The summed E-state index contributed by atoms with van der Waals surface area (Å²) in [6, 6.07) is 8.09. The number of aryl methyl sites for hydroxylation is 1. The fourth-order valence-electron chi connectivity index (χ4n) is 6.83. The Morgan fingerprint density at radius 3 is 2.33 bits per heavy atom. The van der Waals surface area contributed by atoms with Crippen LogP contribution in [-0.2, 0) is 16.0 Å². The van der Waals surface area contributed by atoms with Crippen LogP contribution in [0.4, 0.5) is 0 Å². The van der Waals surface area contributed by atoms with Crippen molar-refractivity contribution >= 4 is 17.4 Å². The number of carboxylic acids is 1. The summed E-state index contributed by atoms with van der Waals surface area (Å²) in [4.78, 5) is 34.2. The topological polar surface area (TPSA) is 83.4 Å². The summed E-state index contributed by atoms with van der Waals surface area (Å²) in [5.74, 6) is 2.24. The Hall–Kier alpha value is -3.02. The molecule has 2 heterocycles. The highest BCUT2D eigenvalue weighted by molar-refractivity contribution is 5.81. The highest BCUT2D eigenvalue weighted by Crippen LogP contribution is 2.41. The van der Waals surface area contributed by atoms with Crippen LogP contribution in [0.1, 0.15) is 88.7 Å². The van der Waals surface area contributed by atoms with E-state index in [4.69, 9.17) is 15.1 Å². The molecule has 2 fully saturated rings. The summed E-state index contributed by atoms with van der Waals surface area (Å²) < 4.78 is 0. The first-order valence-electron chi connectivity index (χ1n) is 15.1. The Kier molecular flexibility index (Phi) is 9.10.